The number of methoxy groups -OCH3 is 3. The van der Waals surface area contributed by atoms with Crippen LogP contribution in [0.5, 0.6) is 17.2 Å². The number of hydrogen-bond donors (Lipinski definition) is 0. The minimum atomic E-state index is -0.589. The Balaban J connectivity index is 0.000000143. The first-order valence-corrected chi connectivity index (χ1v) is 31.1. The Morgan fingerprint density at radius 3 is 1.21 bits per heavy atom. The molecule has 5 atom stereocenters. The molecule has 0 saturated heterocycles. The molecule has 9 aromatic rings. The summed E-state index contributed by atoms with van der Waals surface area (Å²) in [6.45, 7) is 11.9. The van der Waals surface area contributed by atoms with Crippen molar-refractivity contribution in [3.8, 4) is 34.3 Å². The van der Waals surface area contributed by atoms with E-state index in [9.17, 15) is 13.2 Å². The van der Waals surface area contributed by atoms with Crippen LogP contribution in [0.15, 0.2) is 198 Å². The van der Waals surface area contributed by atoms with Gasteiger partial charge < -0.3 is 42.4 Å². The molecule has 15 nitrogen and oxygen atoms in total. The predicted octanol–water partition coefficient (Wildman–Crippen LogP) is 17.3. The van der Waals surface area contributed by atoms with Crippen LogP contribution in [0.2, 0.25) is 0 Å². The van der Waals surface area contributed by atoms with E-state index in [0.29, 0.717) is 6.42 Å². The quantitative estimate of drug-likeness (QED) is 0.110. The monoisotopic (exact) mass is 1270 g/mol. The summed E-state index contributed by atoms with van der Waals surface area (Å²) in [4.78, 5) is 30.5. The maximum absolute atomic E-state index is 13.4. The average molecular weight is 1270 g/mol. The maximum Gasteiger partial charge on any atom is 0.168 e. The Bertz CT molecular complexity index is 4200. The number of oxime groups is 3. The topological polar surface area (TPSA) is 146 Å². The third-order valence-electron chi connectivity index (χ3n) is 18.1. The molecule has 0 radical (unpaired) electrons. The molecule has 484 valence electrons. The summed E-state index contributed by atoms with van der Waals surface area (Å²) in [5.74, 6) is 1.85. The van der Waals surface area contributed by atoms with Crippen LogP contribution in [0.1, 0.15) is 124 Å². The van der Waals surface area contributed by atoms with E-state index in [1.54, 1.807) is 76.7 Å². The predicted molar refractivity (Wildman–Crippen MR) is 362 cm³/mol. The number of imidazole rings is 3. The standard InChI is InChI=1S/2C26H26FN3O2.C23H22FN3O2.CH4/c2*1-17-15-30(16-28-17)23-12-7-18(14-24(23)31-3)13-19-5-4-6-22-25(19)29-32-26(22,2)20-8-10-21(27)11-9-20;1-16-14-27(15-25-16)21-11-5-17(12-22(21)28-3)4-10-20-13-23(2,29-26-20)18-6-8-19(24)9-7-18;/h2*7-16,22H,4-6H2,1-3H3;4-12,14-15H,13H2,1-3H3;1H4/b2*19-13+;10-4+;/t2*22-,26+;;/m00../s1. The van der Waals surface area contributed by atoms with E-state index >= 15 is 0 Å². The molecular formula is C76H78F3N9O6. The zero-order chi connectivity index (χ0) is 65.0. The smallest absolute Gasteiger partial charge is 0.168 e. The fourth-order valence-electron chi connectivity index (χ4n) is 12.9. The molecule has 6 aromatic carbocycles. The third kappa shape index (κ3) is 13.6. The van der Waals surface area contributed by atoms with E-state index in [0.717, 1.165) is 140 Å². The van der Waals surface area contributed by atoms with E-state index < -0.39 is 16.8 Å². The number of aryl methyl sites for hydroxylation is 3. The molecule has 3 aromatic heterocycles. The zero-order valence-electron chi connectivity index (χ0n) is 53.6. The van der Waals surface area contributed by atoms with Gasteiger partial charge in [-0.3, -0.25) is 0 Å². The number of nitrogens with zero attached hydrogens (tertiary/aromatic N) is 9. The van der Waals surface area contributed by atoms with E-state index in [-0.39, 0.29) is 36.7 Å². The van der Waals surface area contributed by atoms with Crippen molar-refractivity contribution in [2.24, 2.45) is 27.3 Å². The second-order valence-corrected chi connectivity index (χ2v) is 24.6. The number of hydrogen-bond acceptors (Lipinski definition) is 12. The van der Waals surface area contributed by atoms with Crippen LogP contribution in [-0.4, -0.2) is 67.1 Å². The maximum atomic E-state index is 13.4. The molecule has 2 saturated carbocycles. The fraction of sp³-hybridized carbons (Fsp3) is 0.289. The van der Waals surface area contributed by atoms with Gasteiger partial charge in [0.1, 0.15) is 34.7 Å². The Hall–Kier alpha value is -10.2. The van der Waals surface area contributed by atoms with E-state index in [2.05, 4.69) is 68.6 Å². The molecule has 94 heavy (non-hydrogen) atoms. The molecule has 0 spiro atoms. The highest BCUT2D eigenvalue weighted by Gasteiger charge is 2.50. The summed E-state index contributed by atoms with van der Waals surface area (Å²) < 4.78 is 62.8. The summed E-state index contributed by atoms with van der Waals surface area (Å²) in [6, 6.07) is 37.8. The van der Waals surface area contributed by atoms with Crippen molar-refractivity contribution in [3.63, 3.8) is 0 Å². The largest absolute Gasteiger partial charge is 0.495 e. The van der Waals surface area contributed by atoms with Gasteiger partial charge in [0.2, 0.25) is 0 Å². The van der Waals surface area contributed by atoms with Crippen LogP contribution < -0.4 is 14.2 Å². The van der Waals surface area contributed by atoms with E-state index in [1.807, 2.05) is 115 Å². The normalized spacial score (nSPS) is 21.8. The lowest BCUT2D eigenvalue weighted by Crippen LogP contribution is -2.35. The Kier molecular flexibility index (Phi) is 19.1. The molecule has 0 bridgehead atoms. The van der Waals surface area contributed by atoms with Crippen LogP contribution in [0.3, 0.4) is 0 Å². The number of rotatable bonds is 13. The number of allylic oxidation sites excluding steroid dienone is 3. The number of fused-ring (bicyclic) bond motifs is 2. The Labute approximate surface area is 547 Å². The minimum absolute atomic E-state index is 0. The molecule has 2 aliphatic carbocycles. The van der Waals surface area contributed by atoms with Gasteiger partial charge in [-0.15, -0.1) is 0 Å². The molecule has 5 aliphatic rings. The number of aromatic nitrogens is 6. The van der Waals surface area contributed by atoms with Gasteiger partial charge in [0.15, 0.2) is 16.8 Å². The molecule has 3 aliphatic heterocycles. The van der Waals surface area contributed by atoms with Gasteiger partial charge in [-0.05, 0) is 216 Å². The van der Waals surface area contributed by atoms with Gasteiger partial charge in [0.25, 0.3) is 0 Å². The third-order valence-corrected chi connectivity index (χ3v) is 18.1. The van der Waals surface area contributed by atoms with Gasteiger partial charge in [-0.25, -0.2) is 28.1 Å². The molecular weight excluding hydrogens is 1190 g/mol. The van der Waals surface area contributed by atoms with Crippen molar-refractivity contribution in [1.82, 2.24) is 28.7 Å². The lowest BCUT2D eigenvalue weighted by molar-refractivity contribution is -0.0372. The Morgan fingerprint density at radius 1 is 0.468 bits per heavy atom. The second-order valence-electron chi connectivity index (χ2n) is 24.6. The lowest BCUT2D eigenvalue weighted by Gasteiger charge is -2.32. The number of benzene rings is 6. The van der Waals surface area contributed by atoms with E-state index in [4.69, 9.17) is 28.7 Å². The molecule has 14 rings (SSSR count). The number of halogens is 3. The van der Waals surface area contributed by atoms with Crippen molar-refractivity contribution in [2.45, 2.75) is 111 Å². The summed E-state index contributed by atoms with van der Waals surface area (Å²) in [6.07, 6.45) is 26.1. The highest BCUT2D eigenvalue weighted by atomic mass is 19.1. The highest BCUT2D eigenvalue weighted by Crippen LogP contribution is 2.49. The molecule has 18 heteroatoms. The summed E-state index contributed by atoms with van der Waals surface area (Å²) >= 11 is 0. The molecule has 0 N–H and O–H groups in total. The molecule has 2 fully saturated rings. The van der Waals surface area contributed by atoms with Crippen molar-refractivity contribution >= 4 is 35.4 Å². The summed E-state index contributed by atoms with van der Waals surface area (Å²) in [5.41, 5.74) is 15.0. The van der Waals surface area contributed by atoms with Gasteiger partial charge >= 0.3 is 0 Å². The van der Waals surface area contributed by atoms with Crippen LogP contribution in [0, 0.1) is 50.1 Å². The van der Waals surface area contributed by atoms with E-state index in [1.165, 1.54) is 47.5 Å². The first-order valence-electron chi connectivity index (χ1n) is 31.1. The van der Waals surface area contributed by atoms with Crippen LogP contribution in [0.25, 0.3) is 35.3 Å². The lowest BCUT2D eigenvalue weighted by atomic mass is 9.72. The Morgan fingerprint density at radius 2 is 0.840 bits per heavy atom. The first kappa shape index (κ1) is 65.3. The zero-order valence-corrected chi connectivity index (χ0v) is 53.6. The fourth-order valence-corrected chi connectivity index (χ4v) is 12.9. The second kappa shape index (κ2) is 27.5. The van der Waals surface area contributed by atoms with Crippen molar-refractivity contribution in [2.75, 3.05) is 21.3 Å². The van der Waals surface area contributed by atoms with Gasteiger partial charge in [-0.1, -0.05) is 83.6 Å². The summed E-state index contributed by atoms with van der Waals surface area (Å²) in [5, 5.41) is 13.2. The van der Waals surface area contributed by atoms with Crippen molar-refractivity contribution < 1.29 is 41.9 Å². The van der Waals surface area contributed by atoms with Gasteiger partial charge in [0.05, 0.1) is 103 Å². The van der Waals surface area contributed by atoms with Crippen LogP contribution in [0.4, 0.5) is 13.2 Å². The van der Waals surface area contributed by atoms with Crippen molar-refractivity contribution in [3.05, 3.63) is 250 Å². The van der Waals surface area contributed by atoms with Crippen LogP contribution in [-0.2, 0) is 31.3 Å². The molecule has 0 amide bonds. The SMILES string of the molecule is C.COc1cc(/C=C/C2=NOC(C)(c3ccc(F)cc3)C2)ccc1-n1cnc(C)c1.COc1cc(/C=C2\CCC[C@H]3C2=NO[C@]3(C)c2ccc(F)cc2)ccc1-n1cnc(C)c1.COc1cc(/C=C2\CCC[C@H]3C2=NO[C@]3(C)c2ccc(F)cc2)ccc1-n1cnc(C)c1. The van der Waals surface area contributed by atoms with Crippen LogP contribution >= 0.6 is 0 Å². The molecule has 6 heterocycles. The highest BCUT2D eigenvalue weighted by molar-refractivity contribution is 6.08. The van der Waals surface area contributed by atoms with Gasteiger partial charge in [-0.2, -0.15) is 0 Å². The first-order chi connectivity index (χ1) is 44.9. The molecule has 1 unspecified atom stereocenters. The minimum Gasteiger partial charge on any atom is -0.495 e. The summed E-state index contributed by atoms with van der Waals surface area (Å²) in [7, 11) is 5.01. The van der Waals surface area contributed by atoms with Crippen molar-refractivity contribution in [1.29, 1.82) is 0 Å². The average Bonchev–Trinajstić information content (AvgIpc) is 1.59. The number of ether oxygens (including phenoxy) is 3. The van der Waals surface area contributed by atoms with Gasteiger partial charge in [0, 0.05) is 25.0 Å².